The van der Waals surface area contributed by atoms with Crippen molar-refractivity contribution in [2.24, 2.45) is 17.6 Å². The fourth-order valence-corrected chi connectivity index (χ4v) is 3.53. The third-order valence-electron chi connectivity index (χ3n) is 4.84. The topological polar surface area (TPSA) is 64.8 Å². The lowest BCUT2D eigenvalue weighted by Gasteiger charge is -2.27. The third kappa shape index (κ3) is 5.36. The second kappa shape index (κ2) is 9.09. The number of amides is 1. The lowest BCUT2D eigenvalue weighted by atomic mass is 10.0. The molecule has 2 N–H and O–H groups in total. The number of nitrogens with zero attached hydrogens (tertiary/aromatic N) is 1. The number of benzene rings is 1. The standard InChI is InChI=1S/C20H32N2O3/c1-14(2)13-22(20(23)16-6-7-17(21)12-16)10-9-15-5-8-18(24-3)19(11-15)25-4/h5,8,11,14,16-17H,6-7,9-10,12-13,21H2,1-4H3. The highest BCUT2D eigenvalue weighted by Crippen LogP contribution is 2.29. The Labute approximate surface area is 151 Å². The quantitative estimate of drug-likeness (QED) is 0.784. The molecule has 5 nitrogen and oxygen atoms in total. The van der Waals surface area contributed by atoms with E-state index in [1.807, 2.05) is 23.1 Å². The van der Waals surface area contributed by atoms with Gasteiger partial charge in [0.05, 0.1) is 14.2 Å². The average molecular weight is 348 g/mol. The summed E-state index contributed by atoms with van der Waals surface area (Å²) in [6.07, 6.45) is 3.51. The minimum absolute atomic E-state index is 0.0964. The molecule has 0 aromatic heterocycles. The average Bonchev–Trinajstić information content (AvgIpc) is 3.03. The minimum atomic E-state index is 0.0964. The van der Waals surface area contributed by atoms with Crippen LogP contribution in [0.2, 0.25) is 0 Å². The number of nitrogens with two attached hydrogens (primary N) is 1. The van der Waals surface area contributed by atoms with E-state index in [1.165, 1.54) is 0 Å². The van der Waals surface area contributed by atoms with Gasteiger partial charge in [-0.1, -0.05) is 19.9 Å². The largest absolute Gasteiger partial charge is 0.493 e. The van der Waals surface area contributed by atoms with Crippen molar-refractivity contribution in [1.82, 2.24) is 4.90 Å². The Morgan fingerprint density at radius 3 is 2.52 bits per heavy atom. The molecule has 0 saturated heterocycles. The fourth-order valence-electron chi connectivity index (χ4n) is 3.53. The molecule has 5 heteroatoms. The maximum Gasteiger partial charge on any atom is 0.225 e. The number of hydrogen-bond acceptors (Lipinski definition) is 4. The predicted molar refractivity (Wildman–Crippen MR) is 100.0 cm³/mol. The Morgan fingerprint density at radius 2 is 1.96 bits per heavy atom. The van der Waals surface area contributed by atoms with Gasteiger partial charge in [-0.15, -0.1) is 0 Å². The molecule has 0 radical (unpaired) electrons. The van der Waals surface area contributed by atoms with Crippen LogP contribution in [0.25, 0.3) is 0 Å². The van der Waals surface area contributed by atoms with Crippen LogP contribution in [-0.2, 0) is 11.2 Å². The van der Waals surface area contributed by atoms with Crippen molar-refractivity contribution in [2.75, 3.05) is 27.3 Å². The molecule has 1 fully saturated rings. The second-order valence-corrected chi connectivity index (χ2v) is 7.39. The Kier molecular flexibility index (Phi) is 7.12. The summed E-state index contributed by atoms with van der Waals surface area (Å²) in [5, 5.41) is 0. The maximum atomic E-state index is 12.9. The first-order valence-corrected chi connectivity index (χ1v) is 9.19. The molecule has 1 aromatic carbocycles. The summed E-state index contributed by atoms with van der Waals surface area (Å²) in [4.78, 5) is 14.9. The van der Waals surface area contributed by atoms with Crippen LogP contribution in [0.4, 0.5) is 0 Å². The zero-order chi connectivity index (χ0) is 18.4. The van der Waals surface area contributed by atoms with Crippen LogP contribution in [0.5, 0.6) is 11.5 Å². The third-order valence-corrected chi connectivity index (χ3v) is 4.84. The molecular formula is C20H32N2O3. The van der Waals surface area contributed by atoms with Gasteiger partial charge in [-0.25, -0.2) is 0 Å². The fraction of sp³-hybridized carbons (Fsp3) is 0.650. The van der Waals surface area contributed by atoms with Crippen molar-refractivity contribution in [1.29, 1.82) is 0 Å². The summed E-state index contributed by atoms with van der Waals surface area (Å²) >= 11 is 0. The summed E-state index contributed by atoms with van der Waals surface area (Å²) in [6.45, 7) is 5.81. The molecular weight excluding hydrogens is 316 g/mol. The molecule has 1 aliphatic carbocycles. The molecule has 25 heavy (non-hydrogen) atoms. The van der Waals surface area contributed by atoms with Gasteiger partial charge in [0.15, 0.2) is 11.5 Å². The zero-order valence-corrected chi connectivity index (χ0v) is 16.0. The van der Waals surface area contributed by atoms with E-state index < -0.39 is 0 Å². The van der Waals surface area contributed by atoms with Crippen molar-refractivity contribution >= 4 is 5.91 Å². The Hall–Kier alpha value is -1.75. The monoisotopic (exact) mass is 348 g/mol. The van der Waals surface area contributed by atoms with E-state index in [0.717, 1.165) is 55.8 Å². The summed E-state index contributed by atoms with van der Waals surface area (Å²) in [7, 11) is 3.27. The van der Waals surface area contributed by atoms with E-state index >= 15 is 0 Å². The molecule has 2 atom stereocenters. The van der Waals surface area contributed by atoms with Gasteiger partial charge < -0.3 is 20.1 Å². The molecule has 0 spiro atoms. The van der Waals surface area contributed by atoms with E-state index in [-0.39, 0.29) is 17.9 Å². The van der Waals surface area contributed by atoms with Crippen LogP contribution in [0.15, 0.2) is 18.2 Å². The van der Waals surface area contributed by atoms with Gasteiger partial charge >= 0.3 is 0 Å². The van der Waals surface area contributed by atoms with E-state index in [1.54, 1.807) is 14.2 Å². The van der Waals surface area contributed by atoms with Gasteiger partial charge in [0.25, 0.3) is 0 Å². The van der Waals surface area contributed by atoms with Gasteiger partial charge in [-0.2, -0.15) is 0 Å². The van der Waals surface area contributed by atoms with Gasteiger partial charge in [-0.3, -0.25) is 4.79 Å². The Balaban J connectivity index is 2.03. The summed E-state index contributed by atoms with van der Waals surface area (Å²) in [6, 6.07) is 6.12. The Bertz CT molecular complexity index is 574. The number of ether oxygens (including phenoxy) is 2. The van der Waals surface area contributed by atoms with E-state index in [0.29, 0.717) is 5.92 Å². The maximum absolute atomic E-state index is 12.9. The molecule has 2 rings (SSSR count). The van der Waals surface area contributed by atoms with Crippen molar-refractivity contribution in [3.05, 3.63) is 23.8 Å². The van der Waals surface area contributed by atoms with E-state index in [2.05, 4.69) is 13.8 Å². The van der Waals surface area contributed by atoms with Gasteiger partial charge in [0.1, 0.15) is 0 Å². The van der Waals surface area contributed by atoms with Crippen molar-refractivity contribution < 1.29 is 14.3 Å². The normalized spacial score (nSPS) is 19.9. The van der Waals surface area contributed by atoms with Crippen molar-refractivity contribution in [3.63, 3.8) is 0 Å². The van der Waals surface area contributed by atoms with Crippen molar-refractivity contribution in [3.8, 4) is 11.5 Å². The van der Waals surface area contributed by atoms with Gasteiger partial charge in [0.2, 0.25) is 5.91 Å². The van der Waals surface area contributed by atoms with Crippen LogP contribution < -0.4 is 15.2 Å². The highest BCUT2D eigenvalue weighted by Gasteiger charge is 2.31. The summed E-state index contributed by atoms with van der Waals surface area (Å²) in [5.41, 5.74) is 7.13. The lowest BCUT2D eigenvalue weighted by Crippen LogP contribution is -2.39. The van der Waals surface area contributed by atoms with Gasteiger partial charge in [0, 0.05) is 25.0 Å². The highest BCUT2D eigenvalue weighted by atomic mass is 16.5. The highest BCUT2D eigenvalue weighted by molar-refractivity contribution is 5.79. The van der Waals surface area contributed by atoms with E-state index in [9.17, 15) is 4.79 Å². The summed E-state index contributed by atoms with van der Waals surface area (Å²) in [5.74, 6) is 2.26. The van der Waals surface area contributed by atoms with Crippen LogP contribution in [0.1, 0.15) is 38.7 Å². The molecule has 0 heterocycles. The summed E-state index contributed by atoms with van der Waals surface area (Å²) < 4.78 is 10.7. The SMILES string of the molecule is COc1ccc(CCN(CC(C)C)C(=O)C2CCC(N)C2)cc1OC. The van der Waals surface area contributed by atoms with Crippen LogP contribution in [0.3, 0.4) is 0 Å². The van der Waals surface area contributed by atoms with Crippen LogP contribution in [-0.4, -0.2) is 44.2 Å². The number of hydrogen-bond donors (Lipinski definition) is 1. The second-order valence-electron chi connectivity index (χ2n) is 7.39. The molecule has 140 valence electrons. The molecule has 1 saturated carbocycles. The van der Waals surface area contributed by atoms with Gasteiger partial charge in [-0.05, 0) is 49.3 Å². The minimum Gasteiger partial charge on any atom is -0.493 e. The molecule has 0 aliphatic heterocycles. The molecule has 1 aromatic rings. The number of carbonyl (C=O) groups is 1. The Morgan fingerprint density at radius 1 is 1.24 bits per heavy atom. The number of methoxy groups -OCH3 is 2. The van der Waals surface area contributed by atoms with E-state index in [4.69, 9.17) is 15.2 Å². The lowest BCUT2D eigenvalue weighted by molar-refractivity contribution is -0.135. The van der Waals surface area contributed by atoms with Crippen molar-refractivity contribution in [2.45, 2.75) is 45.6 Å². The molecule has 1 aliphatic rings. The molecule has 0 bridgehead atoms. The number of carbonyl (C=O) groups excluding carboxylic acids is 1. The number of rotatable bonds is 8. The predicted octanol–water partition coefficient (Wildman–Crippen LogP) is 2.86. The first-order chi connectivity index (χ1) is 11.9. The first kappa shape index (κ1) is 19.6. The smallest absolute Gasteiger partial charge is 0.225 e. The zero-order valence-electron chi connectivity index (χ0n) is 16.0. The molecule has 1 amide bonds. The molecule has 2 unspecified atom stereocenters. The first-order valence-electron chi connectivity index (χ1n) is 9.19. The van der Waals surface area contributed by atoms with Crippen LogP contribution >= 0.6 is 0 Å². The van der Waals surface area contributed by atoms with Crippen LogP contribution in [0, 0.1) is 11.8 Å².